The summed E-state index contributed by atoms with van der Waals surface area (Å²) in [7, 11) is -1.72. The number of benzene rings is 2. The lowest BCUT2D eigenvalue weighted by Crippen LogP contribution is -2.20. The number of thiazole rings is 1. The molecular formula is C21H24N2O3S2. The third-order valence-corrected chi connectivity index (χ3v) is 7.04. The molecule has 3 rings (SSSR count). The lowest BCUT2D eigenvalue weighted by Gasteiger charge is -2.02. The summed E-state index contributed by atoms with van der Waals surface area (Å²) in [6.45, 7) is 2.16. The Labute approximate surface area is 169 Å². The summed E-state index contributed by atoms with van der Waals surface area (Å²) >= 11 is 1.41. The van der Waals surface area contributed by atoms with Gasteiger partial charge in [0.25, 0.3) is 5.91 Å². The predicted molar refractivity (Wildman–Crippen MR) is 114 cm³/mol. The maximum atomic E-state index is 12.3. The summed E-state index contributed by atoms with van der Waals surface area (Å²) in [6.07, 6.45) is 3.30. The minimum atomic E-state index is -3.56. The highest BCUT2D eigenvalue weighted by molar-refractivity contribution is 7.91. The van der Waals surface area contributed by atoms with Gasteiger partial charge in [-0.3, -0.25) is 4.79 Å². The largest absolute Gasteiger partial charge is 0.319 e. The Hall–Kier alpha value is -2.25. The minimum Gasteiger partial charge on any atom is -0.319 e. The maximum Gasteiger partial charge on any atom is 0.263 e. The Kier molecular flexibility index (Phi) is 6.46. The molecule has 0 saturated heterocycles. The van der Waals surface area contributed by atoms with E-state index in [4.69, 9.17) is 0 Å². The van der Waals surface area contributed by atoms with Crippen LogP contribution in [0.15, 0.2) is 53.5 Å². The lowest BCUT2D eigenvalue weighted by molar-refractivity contribution is -0.115. The summed E-state index contributed by atoms with van der Waals surface area (Å²) in [5, 5.41) is 0. The Bertz CT molecular complexity index is 1140. The average Bonchev–Trinajstić information content (AvgIpc) is 2.94. The second-order valence-electron chi connectivity index (χ2n) is 6.87. The number of nitrogens with zero attached hydrogens (tertiary/aromatic N) is 2. The average molecular weight is 417 g/mol. The summed E-state index contributed by atoms with van der Waals surface area (Å²) < 4.78 is 27.5. The van der Waals surface area contributed by atoms with Gasteiger partial charge < -0.3 is 4.57 Å². The summed E-state index contributed by atoms with van der Waals surface area (Å²) in [6, 6.07) is 15.1. The zero-order chi connectivity index (χ0) is 20.1. The number of fused-ring (bicyclic) bond motifs is 1. The molecule has 0 N–H and O–H groups in total. The first kappa shape index (κ1) is 20.5. The summed E-state index contributed by atoms with van der Waals surface area (Å²) in [5.74, 6) is -1.38. The molecule has 0 fully saturated rings. The first-order chi connectivity index (χ1) is 13.4. The molecule has 0 aliphatic heterocycles. The van der Waals surface area contributed by atoms with Crippen molar-refractivity contribution in [3.8, 4) is 0 Å². The molecule has 0 radical (unpaired) electrons. The van der Waals surface area contributed by atoms with E-state index in [1.807, 2.05) is 23.7 Å². The summed E-state index contributed by atoms with van der Waals surface area (Å²) in [4.78, 5) is 16.9. The van der Waals surface area contributed by atoms with Gasteiger partial charge in [-0.2, -0.15) is 4.99 Å². The van der Waals surface area contributed by atoms with Gasteiger partial charge >= 0.3 is 0 Å². The number of rotatable bonds is 7. The molecule has 1 heterocycles. The number of carbonyl (C=O) groups excluding carboxylic acids is 1. The van der Waals surface area contributed by atoms with Crippen LogP contribution in [-0.2, 0) is 33.9 Å². The number of amides is 1. The maximum absolute atomic E-state index is 12.3. The van der Waals surface area contributed by atoms with Gasteiger partial charge in [0.05, 0.1) is 16.0 Å². The highest BCUT2D eigenvalue weighted by Gasteiger charge is 2.17. The van der Waals surface area contributed by atoms with Crippen LogP contribution in [0.1, 0.15) is 30.9 Å². The van der Waals surface area contributed by atoms with Crippen molar-refractivity contribution >= 4 is 37.3 Å². The van der Waals surface area contributed by atoms with E-state index in [1.165, 1.54) is 16.9 Å². The molecule has 3 aromatic rings. The molecule has 148 valence electrons. The van der Waals surface area contributed by atoms with Crippen molar-refractivity contribution in [3.63, 3.8) is 0 Å². The molecule has 0 unspecified atom stereocenters. The number of aromatic nitrogens is 1. The fraction of sp³-hybridized carbons (Fsp3) is 0.333. The van der Waals surface area contributed by atoms with Crippen LogP contribution in [0.3, 0.4) is 0 Å². The molecule has 0 saturated carbocycles. The van der Waals surface area contributed by atoms with Crippen molar-refractivity contribution in [1.29, 1.82) is 0 Å². The van der Waals surface area contributed by atoms with Gasteiger partial charge in [-0.15, -0.1) is 0 Å². The molecule has 28 heavy (non-hydrogen) atoms. The molecule has 0 atom stereocenters. The van der Waals surface area contributed by atoms with Crippen LogP contribution in [-0.4, -0.2) is 24.6 Å². The van der Waals surface area contributed by atoms with E-state index in [9.17, 15) is 13.2 Å². The molecule has 0 spiro atoms. The fourth-order valence-electron chi connectivity index (χ4n) is 3.03. The van der Waals surface area contributed by atoms with Crippen LogP contribution in [0.4, 0.5) is 0 Å². The lowest BCUT2D eigenvalue weighted by atomic mass is 10.1. The molecule has 0 aliphatic carbocycles. The number of aryl methyl sites for hydroxylation is 2. The molecule has 5 nitrogen and oxygen atoms in total. The van der Waals surface area contributed by atoms with E-state index in [0.29, 0.717) is 10.4 Å². The normalized spacial score (nSPS) is 12.6. The second-order valence-corrected chi connectivity index (χ2v) is 9.95. The van der Waals surface area contributed by atoms with Crippen molar-refractivity contribution in [2.75, 3.05) is 5.75 Å². The van der Waals surface area contributed by atoms with Gasteiger partial charge in [-0.05, 0) is 36.1 Å². The molecule has 1 amide bonds. The van der Waals surface area contributed by atoms with Crippen LogP contribution < -0.4 is 4.80 Å². The van der Waals surface area contributed by atoms with E-state index < -0.39 is 21.5 Å². The number of hydrogen-bond donors (Lipinski definition) is 0. The highest BCUT2D eigenvalue weighted by Crippen LogP contribution is 2.19. The SMILES string of the molecule is CCCCc1ccc2c(c1)sc(=NC(=O)CS(=O)(=O)Cc1ccccc1)n2C. The first-order valence-corrected chi connectivity index (χ1v) is 11.9. The van der Waals surface area contributed by atoms with Gasteiger partial charge in [0.15, 0.2) is 14.6 Å². The van der Waals surface area contributed by atoms with Gasteiger partial charge in [0.1, 0.15) is 5.75 Å². The molecular weight excluding hydrogens is 392 g/mol. The number of hydrogen-bond acceptors (Lipinski definition) is 4. The number of unbranched alkanes of at least 4 members (excludes halogenated alkanes) is 1. The Morgan fingerprint density at radius 2 is 1.86 bits per heavy atom. The fourth-order valence-corrected chi connectivity index (χ4v) is 5.37. The van der Waals surface area contributed by atoms with Crippen molar-refractivity contribution in [3.05, 3.63) is 64.5 Å². The van der Waals surface area contributed by atoms with Crippen LogP contribution in [0, 0.1) is 0 Å². The zero-order valence-corrected chi connectivity index (χ0v) is 17.7. The second kappa shape index (κ2) is 8.84. The molecule has 7 heteroatoms. The Balaban J connectivity index is 1.81. The zero-order valence-electron chi connectivity index (χ0n) is 16.1. The smallest absolute Gasteiger partial charge is 0.263 e. The Morgan fingerprint density at radius 3 is 2.57 bits per heavy atom. The van der Waals surface area contributed by atoms with Gasteiger partial charge in [0.2, 0.25) is 0 Å². The van der Waals surface area contributed by atoms with Crippen molar-refractivity contribution in [1.82, 2.24) is 4.57 Å². The third kappa shape index (κ3) is 5.17. The molecule has 0 aliphatic rings. The highest BCUT2D eigenvalue weighted by atomic mass is 32.2. The topological polar surface area (TPSA) is 68.5 Å². The third-order valence-electron chi connectivity index (χ3n) is 4.49. The summed E-state index contributed by atoms with van der Waals surface area (Å²) in [5.41, 5.74) is 2.92. The monoisotopic (exact) mass is 416 g/mol. The number of carbonyl (C=O) groups is 1. The Morgan fingerprint density at radius 1 is 1.11 bits per heavy atom. The van der Waals surface area contributed by atoms with Crippen LogP contribution in [0.2, 0.25) is 0 Å². The van der Waals surface area contributed by atoms with Crippen molar-refractivity contribution in [2.45, 2.75) is 31.9 Å². The van der Waals surface area contributed by atoms with Gasteiger partial charge in [-0.1, -0.05) is 61.1 Å². The van der Waals surface area contributed by atoms with Crippen molar-refractivity contribution < 1.29 is 13.2 Å². The van der Waals surface area contributed by atoms with Crippen LogP contribution in [0.5, 0.6) is 0 Å². The van der Waals surface area contributed by atoms with E-state index in [1.54, 1.807) is 24.3 Å². The quantitative estimate of drug-likeness (QED) is 0.591. The van der Waals surface area contributed by atoms with Gasteiger partial charge in [0, 0.05) is 7.05 Å². The minimum absolute atomic E-state index is 0.158. The van der Waals surface area contributed by atoms with E-state index in [-0.39, 0.29) is 5.75 Å². The first-order valence-electron chi connectivity index (χ1n) is 9.28. The standard InChI is InChI=1S/C21H24N2O3S2/c1-3-4-8-16-11-12-18-19(13-16)27-21(23(18)2)22-20(24)15-28(25,26)14-17-9-6-5-7-10-17/h5-7,9-13H,3-4,8,14-15H2,1-2H3. The molecule has 0 bridgehead atoms. The van der Waals surface area contributed by atoms with Crippen LogP contribution in [0.25, 0.3) is 10.2 Å². The van der Waals surface area contributed by atoms with E-state index in [0.717, 1.165) is 29.5 Å². The number of sulfone groups is 1. The predicted octanol–water partition coefficient (Wildman–Crippen LogP) is 3.62. The van der Waals surface area contributed by atoms with Crippen molar-refractivity contribution in [2.24, 2.45) is 12.0 Å². The van der Waals surface area contributed by atoms with Gasteiger partial charge in [-0.25, -0.2) is 8.42 Å². The van der Waals surface area contributed by atoms with E-state index >= 15 is 0 Å². The van der Waals surface area contributed by atoms with E-state index in [2.05, 4.69) is 24.0 Å². The van der Waals surface area contributed by atoms with Crippen LogP contribution >= 0.6 is 11.3 Å². The molecule has 2 aromatic carbocycles. The molecule has 1 aromatic heterocycles.